The minimum atomic E-state index is -3.19. The van der Waals surface area contributed by atoms with Crippen LogP contribution in [-0.4, -0.2) is 62.6 Å². The van der Waals surface area contributed by atoms with Gasteiger partial charge in [-0.15, -0.1) is 0 Å². The van der Waals surface area contributed by atoms with Crippen LogP contribution in [0.15, 0.2) is 6.07 Å². The molecular weight excluding hydrogens is 328 g/mol. The molecule has 0 bridgehead atoms. The van der Waals surface area contributed by atoms with E-state index in [2.05, 4.69) is 0 Å². The summed E-state index contributed by atoms with van der Waals surface area (Å²) >= 11 is 0. The van der Waals surface area contributed by atoms with Crippen LogP contribution >= 0.6 is 0 Å². The first-order valence-electron chi connectivity index (χ1n) is 8.14. The number of rotatable bonds is 4. The molecule has 0 spiro atoms. The lowest BCUT2D eigenvalue weighted by molar-refractivity contribution is 0.0697. The van der Waals surface area contributed by atoms with Gasteiger partial charge in [0.1, 0.15) is 5.75 Å². The minimum absolute atomic E-state index is 0.0464. The quantitative estimate of drug-likeness (QED) is 0.826. The molecule has 0 unspecified atom stereocenters. The normalized spacial score (nSPS) is 16.3. The Bertz CT molecular complexity index is 735. The average Bonchev–Trinajstić information content (AvgIpc) is 2.58. The molecule has 1 aliphatic rings. The van der Waals surface area contributed by atoms with Gasteiger partial charge in [0.25, 0.3) is 5.91 Å². The molecule has 0 saturated carbocycles. The Kier molecular flexibility index (Phi) is 5.55. The SMILES string of the molecule is CCS(=O)(=O)N1CCN(C(=O)c2cc(C)c(OC)c(C)c2C)CC1. The molecule has 2 rings (SSSR count). The van der Waals surface area contributed by atoms with E-state index in [0.717, 1.165) is 22.4 Å². The number of sulfonamides is 1. The molecule has 1 saturated heterocycles. The lowest BCUT2D eigenvalue weighted by Gasteiger charge is -2.34. The summed E-state index contributed by atoms with van der Waals surface area (Å²) in [6.45, 7) is 8.98. The summed E-state index contributed by atoms with van der Waals surface area (Å²) in [4.78, 5) is 14.6. The fourth-order valence-electron chi connectivity index (χ4n) is 3.12. The first kappa shape index (κ1) is 18.7. The number of ether oxygens (including phenoxy) is 1. The van der Waals surface area contributed by atoms with Gasteiger partial charge in [0.15, 0.2) is 0 Å². The second-order valence-corrected chi connectivity index (χ2v) is 8.37. The molecule has 0 N–H and O–H groups in total. The van der Waals surface area contributed by atoms with E-state index in [1.54, 1.807) is 18.9 Å². The second-order valence-electron chi connectivity index (χ2n) is 6.12. The topological polar surface area (TPSA) is 66.9 Å². The fourth-order valence-corrected chi connectivity index (χ4v) is 4.20. The fraction of sp³-hybridized carbons (Fsp3) is 0.588. The number of piperazine rings is 1. The van der Waals surface area contributed by atoms with Gasteiger partial charge >= 0.3 is 0 Å². The van der Waals surface area contributed by atoms with Crippen LogP contribution in [0.4, 0.5) is 0 Å². The smallest absolute Gasteiger partial charge is 0.254 e. The highest BCUT2D eigenvalue weighted by Crippen LogP contribution is 2.29. The van der Waals surface area contributed by atoms with Gasteiger partial charge in [-0.05, 0) is 50.5 Å². The van der Waals surface area contributed by atoms with Crippen molar-refractivity contribution in [3.8, 4) is 5.75 Å². The maximum absolute atomic E-state index is 12.9. The van der Waals surface area contributed by atoms with Gasteiger partial charge in [-0.25, -0.2) is 8.42 Å². The predicted molar refractivity (Wildman–Crippen MR) is 94.1 cm³/mol. The van der Waals surface area contributed by atoms with E-state index < -0.39 is 10.0 Å². The van der Waals surface area contributed by atoms with Crippen LogP contribution in [-0.2, 0) is 10.0 Å². The van der Waals surface area contributed by atoms with Gasteiger partial charge in [0.05, 0.1) is 12.9 Å². The summed E-state index contributed by atoms with van der Waals surface area (Å²) in [5.74, 6) is 0.856. The van der Waals surface area contributed by atoms with Crippen molar-refractivity contribution in [2.75, 3.05) is 39.0 Å². The number of hydrogen-bond donors (Lipinski definition) is 0. The Balaban J connectivity index is 2.20. The number of amides is 1. The molecular formula is C17H26N2O4S. The number of hydrogen-bond acceptors (Lipinski definition) is 4. The van der Waals surface area contributed by atoms with Crippen molar-refractivity contribution in [1.29, 1.82) is 0 Å². The zero-order valence-electron chi connectivity index (χ0n) is 15.0. The Labute approximate surface area is 144 Å². The molecule has 7 heteroatoms. The summed E-state index contributed by atoms with van der Waals surface area (Å²) in [6, 6.07) is 1.86. The molecule has 0 atom stereocenters. The van der Waals surface area contributed by atoms with E-state index in [4.69, 9.17) is 4.74 Å². The number of aryl methyl sites for hydroxylation is 1. The first-order valence-corrected chi connectivity index (χ1v) is 9.75. The summed E-state index contributed by atoms with van der Waals surface area (Å²) in [5, 5.41) is 0. The maximum atomic E-state index is 12.9. The Morgan fingerprint density at radius 2 is 1.71 bits per heavy atom. The molecule has 1 aromatic carbocycles. The highest BCUT2D eigenvalue weighted by atomic mass is 32.2. The molecule has 6 nitrogen and oxygen atoms in total. The van der Waals surface area contributed by atoms with E-state index in [-0.39, 0.29) is 11.7 Å². The summed E-state index contributed by atoms with van der Waals surface area (Å²) < 4.78 is 30.7. The zero-order chi connectivity index (χ0) is 18.1. The van der Waals surface area contributed by atoms with E-state index in [1.165, 1.54) is 4.31 Å². The molecule has 1 aromatic rings. The lowest BCUT2D eigenvalue weighted by atomic mass is 9.97. The number of carbonyl (C=O) groups excluding carboxylic acids is 1. The number of nitrogens with zero attached hydrogens (tertiary/aromatic N) is 2. The number of carbonyl (C=O) groups is 1. The van der Waals surface area contributed by atoms with Gasteiger partial charge < -0.3 is 9.64 Å². The van der Waals surface area contributed by atoms with Crippen LogP contribution < -0.4 is 4.74 Å². The molecule has 134 valence electrons. The van der Waals surface area contributed by atoms with E-state index in [9.17, 15) is 13.2 Å². The standard InChI is InChI=1S/C17H26N2O4S/c1-6-24(21,22)19-9-7-18(8-10-19)17(20)15-11-12(2)16(23-5)14(4)13(15)3/h11H,6-10H2,1-5H3. The first-order chi connectivity index (χ1) is 11.2. The van der Waals surface area contributed by atoms with E-state index in [0.29, 0.717) is 31.7 Å². The van der Waals surface area contributed by atoms with Crippen molar-refractivity contribution in [2.45, 2.75) is 27.7 Å². The van der Waals surface area contributed by atoms with Gasteiger partial charge in [0, 0.05) is 31.7 Å². The third-order valence-corrected chi connectivity index (χ3v) is 6.63. The van der Waals surface area contributed by atoms with Crippen LogP contribution in [0.3, 0.4) is 0 Å². The van der Waals surface area contributed by atoms with Crippen LogP contribution in [0.5, 0.6) is 5.75 Å². The zero-order valence-corrected chi connectivity index (χ0v) is 15.9. The van der Waals surface area contributed by atoms with Crippen LogP contribution in [0.2, 0.25) is 0 Å². The molecule has 1 amide bonds. The highest BCUT2D eigenvalue weighted by molar-refractivity contribution is 7.89. The summed E-state index contributed by atoms with van der Waals surface area (Å²) in [5.41, 5.74) is 3.47. The molecule has 1 aliphatic heterocycles. The largest absolute Gasteiger partial charge is 0.496 e. The van der Waals surface area contributed by atoms with Crippen molar-refractivity contribution in [1.82, 2.24) is 9.21 Å². The molecule has 24 heavy (non-hydrogen) atoms. The van der Waals surface area contributed by atoms with Crippen molar-refractivity contribution < 1.29 is 17.9 Å². The van der Waals surface area contributed by atoms with Crippen molar-refractivity contribution in [3.63, 3.8) is 0 Å². The number of benzene rings is 1. The Morgan fingerprint density at radius 3 is 2.21 bits per heavy atom. The van der Waals surface area contributed by atoms with Gasteiger partial charge in [0.2, 0.25) is 10.0 Å². The molecule has 0 radical (unpaired) electrons. The Hall–Kier alpha value is -1.60. The van der Waals surface area contributed by atoms with Crippen LogP contribution in [0, 0.1) is 20.8 Å². The van der Waals surface area contributed by atoms with Crippen LogP contribution in [0.1, 0.15) is 34.0 Å². The minimum Gasteiger partial charge on any atom is -0.496 e. The average molecular weight is 354 g/mol. The van der Waals surface area contributed by atoms with Crippen molar-refractivity contribution in [3.05, 3.63) is 28.3 Å². The van der Waals surface area contributed by atoms with E-state index >= 15 is 0 Å². The third-order valence-electron chi connectivity index (χ3n) is 4.74. The molecule has 1 fully saturated rings. The van der Waals surface area contributed by atoms with E-state index in [1.807, 2.05) is 26.8 Å². The third kappa shape index (κ3) is 3.42. The highest BCUT2D eigenvalue weighted by Gasteiger charge is 2.29. The van der Waals surface area contributed by atoms with Gasteiger partial charge in [-0.1, -0.05) is 0 Å². The molecule has 0 aliphatic carbocycles. The van der Waals surface area contributed by atoms with Gasteiger partial charge in [-0.2, -0.15) is 4.31 Å². The Morgan fingerprint density at radius 1 is 1.12 bits per heavy atom. The van der Waals surface area contributed by atoms with Crippen LogP contribution in [0.25, 0.3) is 0 Å². The van der Waals surface area contributed by atoms with Crippen molar-refractivity contribution >= 4 is 15.9 Å². The monoisotopic (exact) mass is 354 g/mol. The lowest BCUT2D eigenvalue weighted by Crippen LogP contribution is -2.51. The number of methoxy groups -OCH3 is 1. The summed E-state index contributed by atoms with van der Waals surface area (Å²) in [7, 11) is -1.56. The molecule has 0 aromatic heterocycles. The van der Waals surface area contributed by atoms with Gasteiger partial charge in [-0.3, -0.25) is 4.79 Å². The molecule has 1 heterocycles. The predicted octanol–water partition coefficient (Wildman–Crippen LogP) is 1.73. The second kappa shape index (κ2) is 7.11. The van der Waals surface area contributed by atoms with Crippen molar-refractivity contribution in [2.24, 2.45) is 0 Å². The maximum Gasteiger partial charge on any atom is 0.254 e. The summed E-state index contributed by atoms with van der Waals surface area (Å²) in [6.07, 6.45) is 0.